The number of carbonyl (C=O) groups is 1. The average molecular weight is 426 g/mol. The Morgan fingerprint density at radius 1 is 1.16 bits per heavy atom. The number of amides is 1. The van der Waals surface area contributed by atoms with E-state index in [2.05, 4.69) is 10.2 Å². The molecule has 0 aliphatic carbocycles. The van der Waals surface area contributed by atoms with E-state index in [9.17, 15) is 14.0 Å². The van der Waals surface area contributed by atoms with Crippen LogP contribution >= 0.6 is 0 Å². The Morgan fingerprint density at radius 2 is 1.90 bits per heavy atom. The van der Waals surface area contributed by atoms with Crippen LogP contribution in [0, 0.1) is 0 Å². The SMILES string of the molecule is CCCc1c(OCCF)ccc2cc(C(=O)Nc3ccc(CN(C)C)cc3)c(=O)oc12. The maximum atomic E-state index is 12.7. The van der Waals surface area contributed by atoms with E-state index >= 15 is 0 Å². The van der Waals surface area contributed by atoms with Crippen molar-refractivity contribution in [2.24, 2.45) is 0 Å². The van der Waals surface area contributed by atoms with Crippen molar-refractivity contribution >= 4 is 22.6 Å². The number of fused-ring (bicyclic) bond motifs is 1. The van der Waals surface area contributed by atoms with Crippen LogP contribution in [0.5, 0.6) is 5.75 Å². The Kier molecular flexibility index (Phi) is 7.41. The number of rotatable bonds is 9. The molecule has 0 unspecified atom stereocenters. The number of benzene rings is 2. The monoisotopic (exact) mass is 426 g/mol. The second kappa shape index (κ2) is 10.2. The number of aryl methyl sites for hydroxylation is 1. The van der Waals surface area contributed by atoms with Crippen LogP contribution in [0.1, 0.15) is 34.8 Å². The third-order valence-electron chi connectivity index (χ3n) is 4.75. The normalized spacial score (nSPS) is 11.1. The molecule has 0 bridgehead atoms. The molecule has 1 heterocycles. The first-order valence-corrected chi connectivity index (χ1v) is 10.3. The zero-order valence-electron chi connectivity index (χ0n) is 18.0. The molecular formula is C24H27FN2O4. The summed E-state index contributed by atoms with van der Waals surface area (Å²) < 4.78 is 23.5. The molecule has 0 saturated carbocycles. The zero-order valence-corrected chi connectivity index (χ0v) is 18.0. The van der Waals surface area contributed by atoms with Crippen molar-refractivity contribution in [1.82, 2.24) is 4.90 Å². The number of carbonyl (C=O) groups excluding carboxylic acids is 1. The third kappa shape index (κ3) is 5.49. The van der Waals surface area contributed by atoms with Crippen LogP contribution in [0.4, 0.5) is 10.1 Å². The molecule has 1 amide bonds. The topological polar surface area (TPSA) is 71.8 Å². The van der Waals surface area contributed by atoms with Gasteiger partial charge in [-0.05, 0) is 56.4 Å². The molecule has 0 spiro atoms. The minimum atomic E-state index is -0.728. The minimum Gasteiger partial charge on any atom is -0.490 e. The lowest BCUT2D eigenvalue weighted by Crippen LogP contribution is -2.21. The Labute approximate surface area is 180 Å². The number of alkyl halides is 1. The number of halogens is 1. The third-order valence-corrected chi connectivity index (χ3v) is 4.75. The highest BCUT2D eigenvalue weighted by Gasteiger charge is 2.18. The molecule has 31 heavy (non-hydrogen) atoms. The van der Waals surface area contributed by atoms with Crippen LogP contribution in [0.2, 0.25) is 0 Å². The lowest BCUT2D eigenvalue weighted by atomic mass is 10.0. The van der Waals surface area contributed by atoms with Crippen LogP contribution in [0.15, 0.2) is 51.7 Å². The summed E-state index contributed by atoms with van der Waals surface area (Å²) in [6.45, 7) is 2.10. The van der Waals surface area contributed by atoms with Gasteiger partial charge in [0.25, 0.3) is 5.91 Å². The second-order valence-electron chi connectivity index (χ2n) is 7.58. The fourth-order valence-electron chi connectivity index (χ4n) is 3.41. The number of hydrogen-bond acceptors (Lipinski definition) is 5. The average Bonchev–Trinajstić information content (AvgIpc) is 2.74. The standard InChI is InChI=1S/C24H27FN2O4/c1-4-5-19-21(30-13-12-25)11-8-17-14-20(24(29)31-22(17)19)23(28)26-18-9-6-16(7-10-18)15-27(2)3/h6-11,14H,4-5,12-13,15H2,1-3H3,(H,26,28). The van der Waals surface area contributed by atoms with Crippen molar-refractivity contribution in [3.8, 4) is 5.75 Å². The molecular weight excluding hydrogens is 399 g/mol. The Bertz CT molecular complexity index is 1110. The van der Waals surface area contributed by atoms with E-state index in [0.29, 0.717) is 34.4 Å². The zero-order chi connectivity index (χ0) is 22.4. The first kappa shape index (κ1) is 22.5. The smallest absolute Gasteiger partial charge is 0.349 e. The molecule has 1 aromatic heterocycles. The molecule has 164 valence electrons. The van der Waals surface area contributed by atoms with Gasteiger partial charge < -0.3 is 19.4 Å². The molecule has 3 aromatic rings. The fourth-order valence-corrected chi connectivity index (χ4v) is 3.41. The molecule has 0 aliphatic rings. The van der Waals surface area contributed by atoms with E-state index < -0.39 is 18.2 Å². The minimum absolute atomic E-state index is 0.0692. The van der Waals surface area contributed by atoms with Crippen molar-refractivity contribution in [1.29, 1.82) is 0 Å². The summed E-state index contributed by atoms with van der Waals surface area (Å²) >= 11 is 0. The predicted octanol–water partition coefficient (Wildman–Crippen LogP) is 4.41. The van der Waals surface area contributed by atoms with Gasteiger partial charge in [0.2, 0.25) is 0 Å². The Hall–Kier alpha value is -3.19. The fraction of sp³-hybridized carbons (Fsp3) is 0.333. The quantitative estimate of drug-likeness (QED) is 0.513. The summed E-state index contributed by atoms with van der Waals surface area (Å²) in [5.41, 5.74) is 1.97. The molecule has 2 aromatic carbocycles. The van der Waals surface area contributed by atoms with E-state index in [1.807, 2.05) is 33.2 Å². The predicted molar refractivity (Wildman–Crippen MR) is 120 cm³/mol. The van der Waals surface area contributed by atoms with Crippen LogP contribution in [0.3, 0.4) is 0 Å². The van der Waals surface area contributed by atoms with E-state index in [-0.39, 0.29) is 12.2 Å². The Balaban J connectivity index is 1.89. The van der Waals surface area contributed by atoms with E-state index in [0.717, 1.165) is 18.5 Å². The van der Waals surface area contributed by atoms with Crippen molar-refractivity contribution in [2.75, 3.05) is 32.7 Å². The molecule has 0 atom stereocenters. The van der Waals surface area contributed by atoms with Gasteiger partial charge in [-0.3, -0.25) is 4.79 Å². The number of anilines is 1. The highest BCUT2D eigenvalue weighted by Crippen LogP contribution is 2.29. The van der Waals surface area contributed by atoms with Gasteiger partial charge in [-0.2, -0.15) is 0 Å². The number of nitrogens with zero attached hydrogens (tertiary/aromatic N) is 1. The van der Waals surface area contributed by atoms with Gasteiger partial charge in [0.15, 0.2) is 0 Å². The van der Waals surface area contributed by atoms with Crippen molar-refractivity contribution in [2.45, 2.75) is 26.3 Å². The Morgan fingerprint density at radius 3 is 2.55 bits per heavy atom. The maximum Gasteiger partial charge on any atom is 0.349 e. The van der Waals surface area contributed by atoms with Gasteiger partial charge in [-0.1, -0.05) is 25.5 Å². The van der Waals surface area contributed by atoms with Gasteiger partial charge in [0, 0.05) is 23.2 Å². The van der Waals surface area contributed by atoms with Crippen molar-refractivity contribution < 1.29 is 18.3 Å². The summed E-state index contributed by atoms with van der Waals surface area (Å²) in [6, 6.07) is 12.4. The summed E-state index contributed by atoms with van der Waals surface area (Å²) in [5, 5.41) is 3.36. The van der Waals surface area contributed by atoms with Crippen LogP contribution in [0.25, 0.3) is 11.0 Å². The first-order valence-electron chi connectivity index (χ1n) is 10.3. The molecule has 3 rings (SSSR count). The van der Waals surface area contributed by atoms with E-state index in [1.165, 1.54) is 6.07 Å². The summed E-state index contributed by atoms with van der Waals surface area (Å²) in [5.74, 6) is -0.0454. The van der Waals surface area contributed by atoms with Crippen LogP contribution in [-0.4, -0.2) is 38.2 Å². The highest BCUT2D eigenvalue weighted by molar-refractivity contribution is 6.05. The number of ether oxygens (including phenoxy) is 1. The lowest BCUT2D eigenvalue weighted by Gasteiger charge is -2.13. The highest BCUT2D eigenvalue weighted by atomic mass is 19.1. The van der Waals surface area contributed by atoms with Gasteiger partial charge in [-0.25, -0.2) is 9.18 Å². The maximum absolute atomic E-state index is 12.7. The van der Waals surface area contributed by atoms with Crippen LogP contribution in [-0.2, 0) is 13.0 Å². The molecule has 6 nitrogen and oxygen atoms in total. The number of nitrogens with one attached hydrogen (secondary N) is 1. The first-order chi connectivity index (χ1) is 14.9. The van der Waals surface area contributed by atoms with Gasteiger partial charge >= 0.3 is 5.63 Å². The van der Waals surface area contributed by atoms with E-state index in [1.54, 1.807) is 24.3 Å². The molecule has 1 N–H and O–H groups in total. The van der Waals surface area contributed by atoms with Gasteiger partial charge in [0.1, 0.15) is 30.2 Å². The van der Waals surface area contributed by atoms with E-state index in [4.69, 9.17) is 9.15 Å². The van der Waals surface area contributed by atoms with Gasteiger partial charge in [-0.15, -0.1) is 0 Å². The summed E-state index contributed by atoms with van der Waals surface area (Å²) in [7, 11) is 3.97. The molecule has 0 fully saturated rings. The number of hydrogen-bond donors (Lipinski definition) is 1. The van der Waals surface area contributed by atoms with Crippen LogP contribution < -0.4 is 15.7 Å². The molecule has 0 aliphatic heterocycles. The van der Waals surface area contributed by atoms with Crippen molar-refractivity contribution in [3.63, 3.8) is 0 Å². The summed E-state index contributed by atoms with van der Waals surface area (Å²) in [4.78, 5) is 27.4. The van der Waals surface area contributed by atoms with Crippen molar-refractivity contribution in [3.05, 3.63) is 69.6 Å². The lowest BCUT2D eigenvalue weighted by molar-refractivity contribution is 0.102. The molecule has 0 radical (unpaired) electrons. The molecule has 0 saturated heterocycles. The largest absolute Gasteiger partial charge is 0.490 e. The molecule has 7 heteroatoms. The second-order valence-corrected chi connectivity index (χ2v) is 7.58. The van der Waals surface area contributed by atoms with Gasteiger partial charge in [0.05, 0.1) is 0 Å². The summed E-state index contributed by atoms with van der Waals surface area (Å²) in [6.07, 6.45) is 1.40.